The zero-order valence-corrected chi connectivity index (χ0v) is 15.7. The number of carbonyl (C=O) groups is 1. The van der Waals surface area contributed by atoms with E-state index >= 15 is 0 Å². The van der Waals surface area contributed by atoms with Gasteiger partial charge in [0.2, 0.25) is 0 Å². The number of amides is 1. The first-order valence-corrected chi connectivity index (χ1v) is 10.4. The molecular weight excluding hydrogens is 370 g/mol. The summed E-state index contributed by atoms with van der Waals surface area (Å²) in [5, 5.41) is 8.99. The Bertz CT molecular complexity index is 890. The van der Waals surface area contributed by atoms with E-state index in [-0.39, 0.29) is 17.4 Å². The van der Waals surface area contributed by atoms with Gasteiger partial charge in [-0.05, 0) is 37.1 Å². The summed E-state index contributed by atoms with van der Waals surface area (Å²) in [5.41, 5.74) is 1.52. The van der Waals surface area contributed by atoms with E-state index in [1.54, 1.807) is 24.5 Å². The second-order valence-electron chi connectivity index (χ2n) is 6.51. The van der Waals surface area contributed by atoms with Crippen molar-refractivity contribution in [2.45, 2.75) is 30.3 Å². The van der Waals surface area contributed by atoms with Crippen LogP contribution in [0.2, 0.25) is 0 Å². The lowest BCUT2D eigenvalue weighted by molar-refractivity contribution is 0.131. The van der Waals surface area contributed by atoms with Crippen LogP contribution >= 0.6 is 0 Å². The molecule has 144 valence electrons. The number of sulfone groups is 1. The van der Waals surface area contributed by atoms with Crippen LogP contribution in [0, 0.1) is 0 Å². The smallest absolute Gasteiger partial charge is 0.407 e. The Morgan fingerprint density at radius 3 is 2.37 bits per heavy atom. The van der Waals surface area contributed by atoms with Crippen molar-refractivity contribution in [1.82, 2.24) is 14.9 Å². The zero-order chi connectivity index (χ0) is 19.4. The van der Waals surface area contributed by atoms with Crippen molar-refractivity contribution in [2.75, 3.05) is 19.3 Å². The standard InChI is InChI=1S/C18H21N3O5S/c1-27(24,25)16-4-2-15(3-5-16)26-12-14-10-20-17(11-19-14)13-6-8-21(9-7-13)18(22)23/h2-5,10-11,13H,6-9,12H2,1H3,(H,22,23). The molecule has 8 nitrogen and oxygen atoms in total. The largest absolute Gasteiger partial charge is 0.487 e. The lowest BCUT2D eigenvalue weighted by atomic mass is 9.94. The van der Waals surface area contributed by atoms with Crippen LogP contribution in [-0.2, 0) is 16.4 Å². The minimum absolute atomic E-state index is 0.214. The third-order valence-corrected chi connectivity index (χ3v) is 5.68. The number of ether oxygens (including phenoxy) is 1. The van der Waals surface area contributed by atoms with Gasteiger partial charge in [0.1, 0.15) is 12.4 Å². The van der Waals surface area contributed by atoms with E-state index < -0.39 is 15.9 Å². The second kappa shape index (κ2) is 7.91. The molecule has 2 heterocycles. The Balaban J connectivity index is 1.54. The van der Waals surface area contributed by atoms with Gasteiger partial charge in [0.15, 0.2) is 9.84 Å². The number of likely N-dealkylation sites (tertiary alicyclic amines) is 1. The molecule has 1 aliphatic rings. The molecule has 1 fully saturated rings. The van der Waals surface area contributed by atoms with Gasteiger partial charge in [-0.2, -0.15) is 0 Å². The minimum atomic E-state index is -3.22. The van der Waals surface area contributed by atoms with Crippen molar-refractivity contribution in [3.63, 3.8) is 0 Å². The van der Waals surface area contributed by atoms with Crippen LogP contribution in [-0.4, -0.2) is 53.8 Å². The number of hydrogen-bond acceptors (Lipinski definition) is 6. The molecule has 0 spiro atoms. The second-order valence-corrected chi connectivity index (χ2v) is 8.52. The van der Waals surface area contributed by atoms with Gasteiger partial charge in [-0.3, -0.25) is 9.97 Å². The highest BCUT2D eigenvalue weighted by Crippen LogP contribution is 2.26. The van der Waals surface area contributed by atoms with Gasteiger partial charge < -0.3 is 14.7 Å². The minimum Gasteiger partial charge on any atom is -0.487 e. The number of nitrogens with zero attached hydrogens (tertiary/aromatic N) is 3. The average Bonchev–Trinajstić information content (AvgIpc) is 2.66. The fourth-order valence-corrected chi connectivity index (χ4v) is 3.59. The van der Waals surface area contributed by atoms with Crippen molar-refractivity contribution >= 4 is 15.9 Å². The predicted octanol–water partition coefficient (Wildman–Crippen LogP) is 2.32. The first kappa shape index (κ1) is 19.1. The summed E-state index contributed by atoms with van der Waals surface area (Å²) >= 11 is 0. The summed E-state index contributed by atoms with van der Waals surface area (Å²) in [6.45, 7) is 1.25. The van der Waals surface area contributed by atoms with E-state index in [9.17, 15) is 13.2 Å². The highest BCUT2D eigenvalue weighted by Gasteiger charge is 2.24. The van der Waals surface area contributed by atoms with Crippen LogP contribution in [0.4, 0.5) is 4.79 Å². The van der Waals surface area contributed by atoms with Crippen LogP contribution in [0.1, 0.15) is 30.1 Å². The number of hydrogen-bond donors (Lipinski definition) is 1. The topological polar surface area (TPSA) is 110 Å². The average molecular weight is 391 g/mol. The number of carboxylic acid groups (broad SMARTS) is 1. The van der Waals surface area contributed by atoms with E-state index in [0.29, 0.717) is 24.5 Å². The van der Waals surface area contributed by atoms with Crippen molar-refractivity contribution < 1.29 is 23.1 Å². The summed E-state index contributed by atoms with van der Waals surface area (Å²) in [6.07, 6.45) is 5.13. The highest BCUT2D eigenvalue weighted by atomic mass is 32.2. The van der Waals surface area contributed by atoms with E-state index in [2.05, 4.69) is 9.97 Å². The first-order chi connectivity index (χ1) is 12.8. The molecule has 0 atom stereocenters. The fourth-order valence-electron chi connectivity index (χ4n) is 2.96. The van der Waals surface area contributed by atoms with Gasteiger partial charge in [0.25, 0.3) is 0 Å². The van der Waals surface area contributed by atoms with Gasteiger partial charge in [0, 0.05) is 31.5 Å². The molecule has 3 rings (SSSR count). The van der Waals surface area contributed by atoms with Crippen molar-refractivity contribution in [3.8, 4) is 5.75 Å². The van der Waals surface area contributed by atoms with Crippen LogP contribution < -0.4 is 4.74 Å². The van der Waals surface area contributed by atoms with Gasteiger partial charge >= 0.3 is 6.09 Å². The quantitative estimate of drug-likeness (QED) is 0.833. The third-order valence-electron chi connectivity index (χ3n) is 4.55. The van der Waals surface area contributed by atoms with Gasteiger partial charge in [0.05, 0.1) is 22.5 Å². The van der Waals surface area contributed by atoms with Crippen molar-refractivity contribution in [1.29, 1.82) is 0 Å². The summed E-state index contributed by atoms with van der Waals surface area (Å²) in [7, 11) is -3.22. The van der Waals surface area contributed by atoms with Gasteiger partial charge in [-0.25, -0.2) is 13.2 Å². The molecule has 1 N–H and O–H groups in total. The SMILES string of the molecule is CS(=O)(=O)c1ccc(OCc2cnc(C3CCN(C(=O)O)CC3)cn2)cc1. The van der Waals surface area contributed by atoms with E-state index in [1.165, 1.54) is 17.0 Å². The van der Waals surface area contributed by atoms with Crippen molar-refractivity contribution in [3.05, 3.63) is 48.0 Å². The Morgan fingerprint density at radius 1 is 1.19 bits per heavy atom. The maximum atomic E-state index is 11.4. The number of aromatic nitrogens is 2. The molecular formula is C18H21N3O5S. The maximum Gasteiger partial charge on any atom is 0.407 e. The van der Waals surface area contributed by atoms with Gasteiger partial charge in [-0.1, -0.05) is 0 Å². The summed E-state index contributed by atoms with van der Waals surface area (Å²) in [4.78, 5) is 21.4. The van der Waals surface area contributed by atoms with E-state index in [1.807, 2.05) is 0 Å². The predicted molar refractivity (Wildman–Crippen MR) is 97.5 cm³/mol. The monoisotopic (exact) mass is 391 g/mol. The summed E-state index contributed by atoms with van der Waals surface area (Å²) in [6, 6.07) is 6.22. The normalized spacial score (nSPS) is 15.5. The zero-order valence-electron chi connectivity index (χ0n) is 14.9. The number of piperidine rings is 1. The Labute approximate surface area is 157 Å². The molecule has 2 aromatic rings. The molecule has 1 saturated heterocycles. The fraction of sp³-hybridized carbons (Fsp3) is 0.389. The van der Waals surface area contributed by atoms with Crippen LogP contribution in [0.15, 0.2) is 41.6 Å². The molecule has 1 aliphatic heterocycles. The molecule has 0 saturated carbocycles. The Morgan fingerprint density at radius 2 is 1.85 bits per heavy atom. The highest BCUT2D eigenvalue weighted by molar-refractivity contribution is 7.90. The molecule has 0 unspecified atom stereocenters. The maximum absolute atomic E-state index is 11.4. The van der Waals surface area contributed by atoms with E-state index in [0.717, 1.165) is 24.8 Å². The lowest BCUT2D eigenvalue weighted by Crippen LogP contribution is -2.37. The van der Waals surface area contributed by atoms with Gasteiger partial charge in [-0.15, -0.1) is 0 Å². The lowest BCUT2D eigenvalue weighted by Gasteiger charge is -2.29. The van der Waals surface area contributed by atoms with Crippen LogP contribution in [0.3, 0.4) is 0 Å². The summed E-state index contributed by atoms with van der Waals surface area (Å²) < 4.78 is 28.5. The van der Waals surface area contributed by atoms with E-state index in [4.69, 9.17) is 9.84 Å². The Kier molecular flexibility index (Phi) is 5.59. The Hall–Kier alpha value is -2.68. The molecule has 0 bridgehead atoms. The third kappa shape index (κ3) is 4.94. The van der Waals surface area contributed by atoms with Crippen molar-refractivity contribution in [2.24, 2.45) is 0 Å². The number of rotatable bonds is 5. The molecule has 0 aliphatic carbocycles. The molecule has 9 heteroatoms. The number of benzene rings is 1. The van der Waals surface area contributed by atoms with Crippen LogP contribution in [0.25, 0.3) is 0 Å². The molecule has 1 amide bonds. The molecule has 1 aromatic carbocycles. The van der Waals surface area contributed by atoms with Crippen LogP contribution in [0.5, 0.6) is 5.75 Å². The molecule has 1 aromatic heterocycles. The molecule has 0 radical (unpaired) electrons. The summed E-state index contributed by atoms with van der Waals surface area (Å²) in [5.74, 6) is 0.765. The first-order valence-electron chi connectivity index (χ1n) is 8.54. The molecule has 27 heavy (non-hydrogen) atoms.